The molecule has 5 amide bonds. The number of amides is 5. The van der Waals surface area contributed by atoms with E-state index in [2.05, 4.69) is 10.6 Å². The lowest BCUT2D eigenvalue weighted by molar-refractivity contribution is -0.153. The number of imide groups is 1. The Hall–Kier alpha value is -4.12. The number of nitrogens with one attached hydrogen (secondary N) is 2. The molecule has 17 heteroatoms. The summed E-state index contributed by atoms with van der Waals surface area (Å²) in [4.78, 5) is 62.6. The van der Waals surface area contributed by atoms with Crippen LogP contribution in [0.15, 0.2) is 6.07 Å². The molecular weight excluding hydrogens is 514 g/mol. The van der Waals surface area contributed by atoms with Gasteiger partial charge in [0.25, 0.3) is 0 Å². The smallest absolute Gasteiger partial charge is 0.534 e. The number of carbonyl (C=O) groups is 5. The number of aliphatic hydroxyl groups excluding tert-OH is 1. The molecule has 0 bridgehead atoms. The van der Waals surface area contributed by atoms with Gasteiger partial charge in [-0.1, -0.05) is 0 Å². The Kier molecular flexibility index (Phi) is 8.62. The zero-order valence-electron chi connectivity index (χ0n) is 20.1. The molecule has 3 atom stereocenters. The monoisotopic (exact) mass is 540 g/mol. The third kappa shape index (κ3) is 5.73. The zero-order valence-corrected chi connectivity index (χ0v) is 20.1. The van der Waals surface area contributed by atoms with Crippen molar-refractivity contribution in [1.29, 1.82) is 0 Å². The summed E-state index contributed by atoms with van der Waals surface area (Å²) in [5.74, 6) is -9.28. The molecule has 1 aromatic rings. The third-order valence-corrected chi connectivity index (χ3v) is 6.17. The molecule has 2 aliphatic heterocycles. The lowest BCUT2D eigenvalue weighted by atomic mass is 9.72. The van der Waals surface area contributed by atoms with Crippen molar-refractivity contribution in [2.24, 2.45) is 5.92 Å². The van der Waals surface area contributed by atoms with Gasteiger partial charge in [0.1, 0.15) is 18.0 Å². The molecule has 0 saturated carbocycles. The Morgan fingerprint density at radius 2 is 1.92 bits per heavy atom. The molecule has 1 fully saturated rings. The van der Waals surface area contributed by atoms with Crippen molar-refractivity contribution in [1.82, 2.24) is 20.4 Å². The largest absolute Gasteiger partial charge is 0.547 e. The lowest BCUT2D eigenvalue weighted by Gasteiger charge is -2.33. The number of fused-ring (bicyclic) bond motifs is 1. The van der Waals surface area contributed by atoms with Crippen LogP contribution < -0.4 is 15.3 Å². The van der Waals surface area contributed by atoms with E-state index in [0.717, 1.165) is 11.0 Å². The fourth-order valence-corrected chi connectivity index (χ4v) is 4.09. The highest BCUT2D eigenvalue weighted by molar-refractivity contribution is 6.47. The third-order valence-electron chi connectivity index (χ3n) is 6.17. The number of piperazine rings is 1. The molecule has 15 nitrogen and oxygen atoms in total. The molecule has 1 saturated heterocycles. The predicted octanol–water partition coefficient (Wildman–Crippen LogP) is -2.42. The molecule has 0 aromatic heterocycles. The number of carboxylic acid groups (broad SMARTS) is 1. The van der Waals surface area contributed by atoms with E-state index in [9.17, 15) is 53.8 Å². The normalized spacial score (nSPS) is 18.8. The standard InChI is InChI=1S/C21H26BFN4O11/c1-9(28)11(8-24-21(36)27-5-4-26(3-2-23)18(32)19(27)33)17(31)25-13-7-10-6-12(29)15(30)14(20(34)35)16(10)38-22(13)37/h6,9,11,13,28-30,37H,2-5,7-8H2,1H3,(H,24,36)(H,25,31)(H,34,35)/t9-,11-,13+/m1/s1. The van der Waals surface area contributed by atoms with Crippen molar-refractivity contribution in [3.05, 3.63) is 17.2 Å². The Morgan fingerprint density at radius 3 is 2.53 bits per heavy atom. The average molecular weight is 540 g/mol. The van der Waals surface area contributed by atoms with Gasteiger partial charge in [-0.3, -0.25) is 19.3 Å². The Labute approximate surface area is 214 Å². The van der Waals surface area contributed by atoms with Crippen LogP contribution >= 0.6 is 0 Å². The number of halogens is 1. The second kappa shape index (κ2) is 11.5. The summed E-state index contributed by atoms with van der Waals surface area (Å²) in [6.45, 7) is -0.638. The van der Waals surface area contributed by atoms with Gasteiger partial charge < -0.3 is 45.6 Å². The fourth-order valence-electron chi connectivity index (χ4n) is 4.09. The van der Waals surface area contributed by atoms with Crippen LogP contribution in [0.2, 0.25) is 0 Å². The van der Waals surface area contributed by atoms with Gasteiger partial charge in [0.05, 0.1) is 18.0 Å². The van der Waals surface area contributed by atoms with Gasteiger partial charge >= 0.3 is 30.9 Å². The van der Waals surface area contributed by atoms with E-state index >= 15 is 0 Å². The van der Waals surface area contributed by atoms with E-state index in [-0.39, 0.29) is 31.6 Å². The number of carboxylic acids is 1. The van der Waals surface area contributed by atoms with Crippen molar-refractivity contribution >= 4 is 36.8 Å². The number of urea groups is 1. The van der Waals surface area contributed by atoms with Crippen LogP contribution in [0.5, 0.6) is 17.2 Å². The molecule has 7 N–H and O–H groups in total. The van der Waals surface area contributed by atoms with Crippen LogP contribution in [0.25, 0.3) is 0 Å². The van der Waals surface area contributed by atoms with Crippen LogP contribution in [-0.2, 0) is 20.8 Å². The minimum absolute atomic E-state index is 0.0604. The fraction of sp³-hybridized carbons (Fsp3) is 0.476. The first-order valence-electron chi connectivity index (χ1n) is 11.5. The summed E-state index contributed by atoms with van der Waals surface area (Å²) < 4.78 is 17.7. The highest BCUT2D eigenvalue weighted by atomic mass is 19.1. The molecule has 0 spiro atoms. The van der Waals surface area contributed by atoms with Crippen molar-refractivity contribution in [2.45, 2.75) is 25.4 Å². The van der Waals surface area contributed by atoms with Crippen LogP contribution in [-0.4, -0.2) is 117 Å². The number of phenolic OH excluding ortho intramolecular Hbond substituents is 1. The summed E-state index contributed by atoms with van der Waals surface area (Å²) in [7, 11) is -1.78. The molecule has 2 heterocycles. The second-order valence-electron chi connectivity index (χ2n) is 8.71. The molecule has 38 heavy (non-hydrogen) atoms. The predicted molar refractivity (Wildman–Crippen MR) is 124 cm³/mol. The maximum Gasteiger partial charge on any atom is 0.547 e. The summed E-state index contributed by atoms with van der Waals surface area (Å²) in [5.41, 5.74) is -0.711. The van der Waals surface area contributed by atoms with E-state index in [1.807, 2.05) is 0 Å². The van der Waals surface area contributed by atoms with E-state index in [1.165, 1.54) is 6.92 Å². The van der Waals surface area contributed by atoms with Crippen molar-refractivity contribution in [3.63, 3.8) is 0 Å². The molecule has 3 rings (SSSR count). The highest BCUT2D eigenvalue weighted by Crippen LogP contribution is 2.41. The SMILES string of the molecule is C[C@@H](O)[C@@H](CNC(=O)N1CCN(CCF)C(=O)C1=O)C(=O)N[C@H]1Cc2cc(O)c(O)c(C(=O)O)c2OB1O. The molecule has 2 aliphatic rings. The maximum atomic E-state index is 12.9. The topological polar surface area (TPSA) is 226 Å². The summed E-state index contributed by atoms with van der Waals surface area (Å²) in [6, 6.07) is 0.00769. The number of phenols is 2. The number of aromatic hydroxyl groups is 2. The Balaban J connectivity index is 1.66. The number of nitrogens with zero attached hydrogens (tertiary/aromatic N) is 2. The number of aliphatic hydroxyl groups is 1. The van der Waals surface area contributed by atoms with Crippen molar-refractivity contribution in [3.8, 4) is 17.2 Å². The first-order chi connectivity index (χ1) is 17.9. The van der Waals surface area contributed by atoms with Gasteiger partial charge in [0, 0.05) is 26.2 Å². The van der Waals surface area contributed by atoms with Gasteiger partial charge in [-0.2, -0.15) is 0 Å². The van der Waals surface area contributed by atoms with Gasteiger partial charge in [0.15, 0.2) is 11.5 Å². The summed E-state index contributed by atoms with van der Waals surface area (Å²) in [6.07, 6.45) is -1.56. The van der Waals surface area contributed by atoms with Crippen LogP contribution in [0.1, 0.15) is 22.8 Å². The maximum absolute atomic E-state index is 12.9. The first-order valence-corrected chi connectivity index (χ1v) is 11.5. The number of alkyl halides is 1. The Morgan fingerprint density at radius 1 is 1.24 bits per heavy atom. The molecule has 206 valence electrons. The lowest BCUT2D eigenvalue weighted by Crippen LogP contribution is -2.60. The summed E-state index contributed by atoms with van der Waals surface area (Å²) in [5, 5.41) is 54.2. The molecule has 0 unspecified atom stereocenters. The number of hydrogen-bond donors (Lipinski definition) is 7. The van der Waals surface area contributed by atoms with Gasteiger partial charge in [0.2, 0.25) is 5.91 Å². The van der Waals surface area contributed by atoms with Crippen LogP contribution in [0, 0.1) is 5.92 Å². The molecule has 1 aromatic carbocycles. The van der Waals surface area contributed by atoms with Gasteiger partial charge in [-0.05, 0) is 25.0 Å². The summed E-state index contributed by atoms with van der Waals surface area (Å²) >= 11 is 0. The van der Waals surface area contributed by atoms with E-state index < -0.39 is 90.8 Å². The number of rotatable bonds is 8. The molecule has 0 aliphatic carbocycles. The zero-order chi connectivity index (χ0) is 28.3. The second-order valence-corrected chi connectivity index (χ2v) is 8.71. The van der Waals surface area contributed by atoms with Crippen LogP contribution in [0.4, 0.5) is 9.18 Å². The number of carbonyl (C=O) groups excluding carboxylic acids is 4. The average Bonchev–Trinajstić information content (AvgIpc) is 2.83. The Bertz CT molecular complexity index is 1150. The van der Waals surface area contributed by atoms with E-state index in [1.54, 1.807) is 0 Å². The van der Waals surface area contributed by atoms with Crippen LogP contribution in [0.3, 0.4) is 0 Å². The number of aromatic carboxylic acids is 1. The van der Waals surface area contributed by atoms with Crippen molar-refractivity contribution in [2.75, 3.05) is 32.9 Å². The molecule has 0 radical (unpaired) electrons. The van der Waals surface area contributed by atoms with Gasteiger partial charge in [-0.25, -0.2) is 14.0 Å². The molecular formula is C21H26BFN4O11. The quantitative estimate of drug-likeness (QED) is 0.104. The highest BCUT2D eigenvalue weighted by Gasteiger charge is 2.41. The van der Waals surface area contributed by atoms with Gasteiger partial charge in [-0.15, -0.1) is 0 Å². The number of hydrogen-bond acceptors (Lipinski definition) is 10. The minimum Gasteiger partial charge on any atom is -0.534 e. The number of benzene rings is 1. The van der Waals surface area contributed by atoms with Crippen molar-refractivity contribution < 1.29 is 58.5 Å². The first kappa shape index (κ1) is 28.5. The van der Waals surface area contributed by atoms with E-state index in [0.29, 0.717) is 4.90 Å². The van der Waals surface area contributed by atoms with E-state index in [4.69, 9.17) is 4.65 Å². The minimum atomic E-state index is -1.78.